The van der Waals surface area contributed by atoms with E-state index in [9.17, 15) is 14.4 Å². The van der Waals surface area contributed by atoms with Crippen LogP contribution in [0, 0.1) is 0 Å². The lowest BCUT2D eigenvalue weighted by atomic mass is 9.96. The first-order valence-corrected chi connectivity index (χ1v) is 12.8. The molecule has 0 fully saturated rings. The number of hydrazine groups is 1. The normalized spacial score (nSPS) is 10.9. The van der Waals surface area contributed by atoms with E-state index >= 15 is 0 Å². The van der Waals surface area contributed by atoms with Gasteiger partial charge in [-0.15, -0.1) is 0 Å². The molecule has 3 aromatic carbocycles. The number of amides is 1. The lowest BCUT2D eigenvalue weighted by Crippen LogP contribution is -2.42. The monoisotopic (exact) mass is 561 g/mol. The van der Waals surface area contributed by atoms with E-state index in [1.807, 2.05) is 56.3 Å². The van der Waals surface area contributed by atoms with Crippen molar-refractivity contribution in [3.63, 3.8) is 0 Å². The first-order valence-electron chi connectivity index (χ1n) is 12.0. The fourth-order valence-corrected chi connectivity index (χ4v) is 4.75. The maximum absolute atomic E-state index is 13.7. The van der Waals surface area contributed by atoms with E-state index in [0.717, 1.165) is 15.6 Å². The summed E-state index contributed by atoms with van der Waals surface area (Å²) in [6.07, 6.45) is 0. The van der Waals surface area contributed by atoms with E-state index in [2.05, 4.69) is 21.4 Å². The molecule has 0 unspecified atom stereocenters. The van der Waals surface area contributed by atoms with Crippen molar-refractivity contribution in [3.05, 3.63) is 104 Å². The molecule has 0 saturated carbocycles. The first kappa shape index (κ1) is 26.3. The molecule has 0 aliphatic rings. The van der Waals surface area contributed by atoms with E-state index in [1.165, 1.54) is 11.7 Å². The molecule has 8 heteroatoms. The predicted molar refractivity (Wildman–Crippen MR) is 149 cm³/mol. The average molecular weight is 562 g/mol. The number of hydrogen-bond acceptors (Lipinski definition) is 5. The van der Waals surface area contributed by atoms with Gasteiger partial charge in [-0.05, 0) is 53.8 Å². The SMILES string of the molecule is CCNN(CC)C(=O)c1ccc(Cn2c(C(=O)OC)c(-c3ccccc3)c3cc(Br)ccc3c2=O)cc1. The number of rotatable bonds is 8. The molecule has 0 radical (unpaired) electrons. The number of aromatic nitrogens is 1. The van der Waals surface area contributed by atoms with E-state index < -0.39 is 5.97 Å². The number of benzene rings is 3. The second kappa shape index (κ2) is 11.5. The molecule has 1 N–H and O–H groups in total. The molecule has 0 aliphatic heterocycles. The molecule has 1 amide bonds. The molecule has 1 heterocycles. The van der Waals surface area contributed by atoms with Crippen molar-refractivity contribution >= 4 is 38.6 Å². The minimum atomic E-state index is -0.603. The number of methoxy groups -OCH3 is 1. The van der Waals surface area contributed by atoms with Crippen LogP contribution in [0.5, 0.6) is 0 Å². The Bertz CT molecular complexity index is 1500. The zero-order valence-electron chi connectivity index (χ0n) is 21.0. The van der Waals surface area contributed by atoms with E-state index in [1.54, 1.807) is 35.3 Å². The van der Waals surface area contributed by atoms with Crippen molar-refractivity contribution < 1.29 is 14.3 Å². The summed E-state index contributed by atoms with van der Waals surface area (Å²) in [4.78, 5) is 39.7. The van der Waals surface area contributed by atoms with Gasteiger partial charge >= 0.3 is 5.97 Å². The van der Waals surface area contributed by atoms with Crippen LogP contribution in [0.25, 0.3) is 21.9 Å². The minimum Gasteiger partial charge on any atom is -0.464 e. The Morgan fingerprint density at radius 3 is 2.30 bits per heavy atom. The molecule has 0 aliphatic carbocycles. The van der Waals surface area contributed by atoms with Gasteiger partial charge in [-0.25, -0.2) is 10.2 Å². The summed E-state index contributed by atoms with van der Waals surface area (Å²) in [5.74, 6) is -0.736. The topological polar surface area (TPSA) is 80.6 Å². The van der Waals surface area contributed by atoms with Gasteiger partial charge in [0.2, 0.25) is 0 Å². The van der Waals surface area contributed by atoms with Gasteiger partial charge in [0.25, 0.3) is 11.5 Å². The van der Waals surface area contributed by atoms with Gasteiger partial charge in [-0.1, -0.05) is 65.3 Å². The predicted octanol–water partition coefficient (Wildman–Crippen LogP) is 5.25. The Kier molecular flexibility index (Phi) is 8.21. The lowest BCUT2D eigenvalue weighted by Gasteiger charge is -2.21. The van der Waals surface area contributed by atoms with Crippen LogP contribution in [0.15, 0.2) is 82.1 Å². The van der Waals surface area contributed by atoms with Crippen molar-refractivity contribution in [1.29, 1.82) is 0 Å². The van der Waals surface area contributed by atoms with Crippen LogP contribution < -0.4 is 11.0 Å². The van der Waals surface area contributed by atoms with Crippen molar-refractivity contribution in [3.8, 4) is 11.1 Å². The third-order valence-corrected chi connectivity index (χ3v) is 6.62. The maximum Gasteiger partial charge on any atom is 0.355 e. The second-order valence-electron chi connectivity index (χ2n) is 8.42. The Balaban J connectivity index is 1.87. The standard InChI is InChI=1S/C29H28BrN3O4/c1-4-31-33(5-2)27(34)21-13-11-19(12-14-21)18-32-26(29(36)37-3)25(20-9-7-6-8-10-20)24-17-22(30)15-16-23(24)28(32)35/h6-17,31H,4-5,18H2,1-3H3. The Morgan fingerprint density at radius 2 is 1.68 bits per heavy atom. The fourth-order valence-electron chi connectivity index (χ4n) is 4.39. The molecule has 0 atom stereocenters. The lowest BCUT2D eigenvalue weighted by molar-refractivity contribution is 0.0588. The van der Waals surface area contributed by atoms with Crippen LogP contribution >= 0.6 is 15.9 Å². The van der Waals surface area contributed by atoms with Crippen LogP contribution in [0.1, 0.15) is 40.3 Å². The highest BCUT2D eigenvalue weighted by Gasteiger charge is 2.24. The number of carbonyl (C=O) groups is 2. The number of halogens is 1. The minimum absolute atomic E-state index is 0.133. The smallest absolute Gasteiger partial charge is 0.355 e. The first-order chi connectivity index (χ1) is 17.9. The Labute approximate surface area is 223 Å². The molecular formula is C29H28BrN3O4. The van der Waals surface area contributed by atoms with Crippen LogP contribution in [0.3, 0.4) is 0 Å². The summed E-state index contributed by atoms with van der Waals surface area (Å²) >= 11 is 3.50. The number of fused-ring (bicyclic) bond motifs is 1. The molecule has 190 valence electrons. The van der Waals surface area contributed by atoms with Crippen LogP contribution in [0.4, 0.5) is 0 Å². The molecule has 0 saturated heterocycles. The molecule has 1 aromatic heterocycles. The summed E-state index contributed by atoms with van der Waals surface area (Å²) in [5.41, 5.74) is 5.64. The number of nitrogens with zero attached hydrogens (tertiary/aromatic N) is 2. The summed E-state index contributed by atoms with van der Waals surface area (Å²) < 4.78 is 7.41. The summed E-state index contributed by atoms with van der Waals surface area (Å²) in [7, 11) is 1.31. The van der Waals surface area contributed by atoms with Gasteiger partial charge in [0, 0.05) is 34.1 Å². The zero-order valence-corrected chi connectivity index (χ0v) is 22.5. The number of pyridine rings is 1. The third kappa shape index (κ3) is 5.35. The quantitative estimate of drug-likeness (QED) is 0.234. The number of nitrogens with one attached hydrogen (secondary N) is 1. The van der Waals surface area contributed by atoms with Crippen molar-refractivity contribution in [2.45, 2.75) is 20.4 Å². The van der Waals surface area contributed by atoms with Crippen LogP contribution in [0.2, 0.25) is 0 Å². The highest BCUT2D eigenvalue weighted by Crippen LogP contribution is 2.33. The summed E-state index contributed by atoms with van der Waals surface area (Å²) in [6.45, 7) is 5.13. The number of ether oxygens (including phenoxy) is 1. The highest BCUT2D eigenvalue weighted by molar-refractivity contribution is 9.10. The summed E-state index contributed by atoms with van der Waals surface area (Å²) in [6, 6.07) is 22.0. The van der Waals surface area contributed by atoms with E-state index in [-0.39, 0.29) is 23.7 Å². The molecule has 37 heavy (non-hydrogen) atoms. The third-order valence-electron chi connectivity index (χ3n) is 6.13. The largest absolute Gasteiger partial charge is 0.464 e. The molecular weight excluding hydrogens is 534 g/mol. The summed E-state index contributed by atoms with van der Waals surface area (Å²) in [5, 5.41) is 2.71. The molecule has 4 aromatic rings. The maximum atomic E-state index is 13.7. The fraction of sp³-hybridized carbons (Fsp3) is 0.207. The highest BCUT2D eigenvalue weighted by atomic mass is 79.9. The Hall–Kier alpha value is -3.75. The van der Waals surface area contributed by atoms with Crippen LogP contribution in [-0.2, 0) is 11.3 Å². The van der Waals surface area contributed by atoms with E-state index in [4.69, 9.17) is 4.74 Å². The van der Waals surface area contributed by atoms with Crippen LogP contribution in [-0.4, -0.2) is 41.7 Å². The number of esters is 1. The second-order valence-corrected chi connectivity index (χ2v) is 9.34. The van der Waals surface area contributed by atoms with Crippen molar-refractivity contribution in [2.24, 2.45) is 0 Å². The Morgan fingerprint density at radius 1 is 0.973 bits per heavy atom. The molecule has 0 spiro atoms. The van der Waals surface area contributed by atoms with Gasteiger partial charge in [0.15, 0.2) is 0 Å². The molecule has 7 nitrogen and oxygen atoms in total. The van der Waals surface area contributed by atoms with Gasteiger partial charge < -0.3 is 4.74 Å². The van der Waals surface area contributed by atoms with Gasteiger partial charge in [-0.2, -0.15) is 0 Å². The number of carbonyl (C=O) groups excluding carboxylic acids is 2. The molecule has 4 rings (SSSR count). The van der Waals surface area contributed by atoms with Gasteiger partial charge in [0.05, 0.1) is 13.7 Å². The van der Waals surface area contributed by atoms with Crippen molar-refractivity contribution in [1.82, 2.24) is 15.0 Å². The number of hydrogen-bond donors (Lipinski definition) is 1. The van der Waals surface area contributed by atoms with E-state index in [0.29, 0.717) is 35.0 Å². The van der Waals surface area contributed by atoms with Gasteiger partial charge in [0.1, 0.15) is 5.69 Å². The van der Waals surface area contributed by atoms with Gasteiger partial charge in [-0.3, -0.25) is 19.2 Å². The van der Waals surface area contributed by atoms with Crippen molar-refractivity contribution in [2.75, 3.05) is 20.2 Å². The molecule has 0 bridgehead atoms. The zero-order chi connectivity index (χ0) is 26.5. The average Bonchev–Trinajstić information content (AvgIpc) is 2.93.